The number of carbonyl (C=O) groups excluding carboxylic acids is 1. The fourth-order valence-corrected chi connectivity index (χ4v) is 4.54. The number of benzene rings is 2. The molecule has 2 aromatic carbocycles. The molecule has 0 bridgehead atoms. The summed E-state index contributed by atoms with van der Waals surface area (Å²) < 4.78 is 34.5. The van der Waals surface area contributed by atoms with Crippen molar-refractivity contribution in [3.8, 4) is 11.5 Å². The van der Waals surface area contributed by atoms with Crippen LogP contribution in [0.3, 0.4) is 0 Å². The number of hydrogen-bond donors (Lipinski definition) is 2. The van der Waals surface area contributed by atoms with Crippen LogP contribution in [0.2, 0.25) is 0 Å². The smallest absolute Gasteiger partial charge is 0.251 e. The molecular weight excluding hydrogens is 466 g/mol. The third kappa shape index (κ3) is 6.16. The average molecular weight is 502 g/mol. The van der Waals surface area contributed by atoms with E-state index in [0.29, 0.717) is 23.7 Å². The summed E-state index contributed by atoms with van der Waals surface area (Å²) in [7, 11) is 3.03. The fraction of sp³-hybridized carbons (Fsp3) is 0.519. The van der Waals surface area contributed by atoms with Gasteiger partial charge in [-0.3, -0.25) is 4.79 Å². The van der Waals surface area contributed by atoms with Gasteiger partial charge in [-0.2, -0.15) is 0 Å². The molecule has 0 aromatic heterocycles. The van der Waals surface area contributed by atoms with E-state index in [9.17, 15) is 9.90 Å². The molecule has 1 amide bonds. The number of aliphatic hydroxyl groups is 1. The molecule has 0 radical (unpaired) electrons. The average Bonchev–Trinajstić information content (AvgIpc) is 3.36. The Morgan fingerprint density at radius 2 is 1.83 bits per heavy atom. The van der Waals surface area contributed by atoms with Crippen LogP contribution in [0.25, 0.3) is 0 Å². The zero-order chi connectivity index (χ0) is 25.7. The number of rotatable bonds is 11. The summed E-state index contributed by atoms with van der Waals surface area (Å²) in [5, 5.41) is 13.7. The summed E-state index contributed by atoms with van der Waals surface area (Å²) >= 11 is 0. The van der Waals surface area contributed by atoms with Gasteiger partial charge in [0, 0.05) is 18.7 Å². The minimum Gasteiger partial charge on any atom is -0.493 e. The summed E-state index contributed by atoms with van der Waals surface area (Å²) in [6.45, 7) is 4.06. The number of amides is 1. The monoisotopic (exact) mass is 501 g/mol. The molecule has 0 saturated carbocycles. The number of fused-ring (bicyclic) bond motifs is 1. The van der Waals surface area contributed by atoms with E-state index in [1.165, 1.54) is 19.8 Å². The number of hydrogen-bond acceptors (Lipinski definition) is 8. The zero-order valence-electron chi connectivity index (χ0n) is 21.1. The van der Waals surface area contributed by atoms with Crippen LogP contribution in [0.15, 0.2) is 48.5 Å². The van der Waals surface area contributed by atoms with Gasteiger partial charge in [-0.25, -0.2) is 0 Å². The minimum atomic E-state index is -1.03. The lowest BCUT2D eigenvalue weighted by molar-refractivity contribution is -0.229. The standard InChI is InChI=1S/C27H35NO8/c1-27(2)35-24-23(33-14-8-11-17-9-6-5-7-10-17)22(34-26(24)36-27)19(29)16-28-25(30)18-12-13-20(31-3)21(15-18)32-4/h5-7,9-10,12-13,15,19,22-24,26,29H,8,11,14,16H2,1-4H3,(H,28,30)/t19-,22-,23+,24-,26-/m1/s1. The van der Waals surface area contributed by atoms with E-state index in [2.05, 4.69) is 17.4 Å². The van der Waals surface area contributed by atoms with Crippen LogP contribution in [0.4, 0.5) is 0 Å². The fourth-order valence-electron chi connectivity index (χ4n) is 4.54. The van der Waals surface area contributed by atoms with Gasteiger partial charge in [0.15, 0.2) is 23.6 Å². The van der Waals surface area contributed by atoms with Crippen LogP contribution < -0.4 is 14.8 Å². The summed E-state index contributed by atoms with van der Waals surface area (Å²) in [4.78, 5) is 12.7. The number of carbonyl (C=O) groups is 1. The van der Waals surface area contributed by atoms with Crippen LogP contribution >= 0.6 is 0 Å². The van der Waals surface area contributed by atoms with Crippen molar-refractivity contribution in [2.24, 2.45) is 0 Å². The van der Waals surface area contributed by atoms with Crippen LogP contribution in [0.5, 0.6) is 11.5 Å². The van der Waals surface area contributed by atoms with Crippen molar-refractivity contribution in [3.05, 3.63) is 59.7 Å². The van der Waals surface area contributed by atoms with E-state index in [0.717, 1.165) is 12.8 Å². The minimum absolute atomic E-state index is 0.0371. The molecule has 5 atom stereocenters. The second-order valence-corrected chi connectivity index (χ2v) is 9.34. The quantitative estimate of drug-likeness (QED) is 0.453. The van der Waals surface area contributed by atoms with Gasteiger partial charge in [-0.1, -0.05) is 30.3 Å². The Morgan fingerprint density at radius 1 is 1.08 bits per heavy atom. The maximum Gasteiger partial charge on any atom is 0.251 e. The van der Waals surface area contributed by atoms with Crippen molar-refractivity contribution in [2.75, 3.05) is 27.4 Å². The Hall–Kier alpha value is -2.69. The number of ether oxygens (including phenoxy) is 6. The highest BCUT2D eigenvalue weighted by Crippen LogP contribution is 2.39. The highest BCUT2D eigenvalue weighted by molar-refractivity contribution is 5.94. The van der Waals surface area contributed by atoms with Crippen LogP contribution in [0.1, 0.15) is 36.2 Å². The molecule has 36 heavy (non-hydrogen) atoms. The van der Waals surface area contributed by atoms with Gasteiger partial charge in [0.05, 0.1) is 14.2 Å². The van der Waals surface area contributed by atoms with Crippen LogP contribution in [-0.2, 0) is 25.4 Å². The molecule has 0 spiro atoms. The molecule has 2 saturated heterocycles. The maximum atomic E-state index is 12.7. The first-order chi connectivity index (χ1) is 17.3. The first-order valence-electron chi connectivity index (χ1n) is 12.2. The van der Waals surface area contributed by atoms with Crippen molar-refractivity contribution >= 4 is 5.91 Å². The van der Waals surface area contributed by atoms with Crippen LogP contribution in [-0.4, -0.2) is 74.9 Å². The van der Waals surface area contributed by atoms with Crippen molar-refractivity contribution in [3.63, 3.8) is 0 Å². The number of nitrogens with one attached hydrogen (secondary N) is 1. The normalized spacial score (nSPS) is 25.2. The van der Waals surface area contributed by atoms with Crippen molar-refractivity contribution in [2.45, 2.75) is 63.2 Å². The molecule has 0 aliphatic carbocycles. The van der Waals surface area contributed by atoms with E-state index in [1.807, 2.05) is 32.0 Å². The second kappa shape index (κ2) is 11.6. The van der Waals surface area contributed by atoms with Gasteiger partial charge in [0.1, 0.15) is 24.4 Å². The predicted octanol–water partition coefficient (Wildman–Crippen LogP) is 2.69. The van der Waals surface area contributed by atoms with Gasteiger partial charge in [-0.05, 0) is 50.5 Å². The summed E-state index contributed by atoms with van der Waals surface area (Å²) in [5.74, 6) is -0.200. The van der Waals surface area contributed by atoms with Gasteiger partial charge in [0.25, 0.3) is 5.91 Å². The SMILES string of the molecule is COc1ccc(C(=O)NC[C@@H](O)[C@H]2O[C@@H]3OC(C)(C)O[C@@H]3[C@H]2OCCCc2ccccc2)cc1OC. The van der Waals surface area contributed by atoms with E-state index >= 15 is 0 Å². The lowest BCUT2D eigenvalue weighted by atomic mass is 10.0. The van der Waals surface area contributed by atoms with Gasteiger partial charge >= 0.3 is 0 Å². The Morgan fingerprint density at radius 3 is 2.56 bits per heavy atom. The molecule has 2 aromatic rings. The maximum absolute atomic E-state index is 12.7. The first-order valence-corrected chi connectivity index (χ1v) is 12.2. The topological polar surface area (TPSA) is 105 Å². The number of methoxy groups -OCH3 is 2. The molecular formula is C27H35NO8. The van der Waals surface area contributed by atoms with Crippen molar-refractivity contribution in [1.82, 2.24) is 5.32 Å². The first kappa shape index (κ1) is 26.4. The lowest BCUT2D eigenvalue weighted by Crippen LogP contribution is -2.47. The lowest BCUT2D eigenvalue weighted by Gasteiger charge is -2.28. The molecule has 2 N–H and O–H groups in total. The van der Waals surface area contributed by atoms with E-state index in [1.54, 1.807) is 18.2 Å². The third-order valence-corrected chi connectivity index (χ3v) is 6.29. The Kier molecular flexibility index (Phi) is 8.48. The number of aryl methyl sites for hydroxylation is 1. The summed E-state index contributed by atoms with van der Waals surface area (Å²) in [6.07, 6.45) is -1.74. The molecule has 2 heterocycles. The van der Waals surface area contributed by atoms with Gasteiger partial charge in [-0.15, -0.1) is 0 Å². The predicted molar refractivity (Wildman–Crippen MR) is 131 cm³/mol. The third-order valence-electron chi connectivity index (χ3n) is 6.29. The molecule has 2 aliphatic rings. The Labute approximate surface area is 211 Å². The number of aliphatic hydroxyl groups excluding tert-OH is 1. The highest BCUT2D eigenvalue weighted by Gasteiger charge is 2.57. The molecule has 2 fully saturated rings. The summed E-state index contributed by atoms with van der Waals surface area (Å²) in [5.41, 5.74) is 1.61. The van der Waals surface area contributed by atoms with E-state index in [4.69, 9.17) is 28.4 Å². The largest absolute Gasteiger partial charge is 0.493 e. The molecule has 9 heteroatoms. The summed E-state index contributed by atoms with van der Waals surface area (Å²) in [6, 6.07) is 15.0. The Balaban J connectivity index is 1.35. The van der Waals surface area contributed by atoms with Crippen molar-refractivity contribution < 1.29 is 38.3 Å². The molecule has 4 rings (SSSR count). The van der Waals surface area contributed by atoms with E-state index in [-0.39, 0.29) is 12.5 Å². The van der Waals surface area contributed by atoms with Crippen LogP contribution in [0, 0.1) is 0 Å². The molecule has 9 nitrogen and oxygen atoms in total. The molecule has 2 aliphatic heterocycles. The second-order valence-electron chi connectivity index (χ2n) is 9.34. The van der Waals surface area contributed by atoms with E-state index < -0.39 is 36.5 Å². The Bertz CT molecular complexity index is 1010. The zero-order valence-corrected chi connectivity index (χ0v) is 21.1. The molecule has 196 valence electrons. The van der Waals surface area contributed by atoms with Gasteiger partial charge in [0.2, 0.25) is 0 Å². The molecule has 0 unspecified atom stereocenters. The van der Waals surface area contributed by atoms with Gasteiger partial charge < -0.3 is 38.8 Å². The highest BCUT2D eigenvalue weighted by atomic mass is 16.8. The van der Waals surface area contributed by atoms with Crippen molar-refractivity contribution in [1.29, 1.82) is 0 Å².